The first-order valence-corrected chi connectivity index (χ1v) is 8.62. The second-order valence-corrected chi connectivity index (χ2v) is 5.89. The van der Waals surface area contributed by atoms with Crippen LogP contribution in [0.4, 0.5) is 0 Å². The van der Waals surface area contributed by atoms with E-state index < -0.39 is 12.6 Å². The van der Waals surface area contributed by atoms with E-state index in [9.17, 15) is 14.9 Å². The fraction of sp³-hybridized carbons (Fsp3) is 0.227. The Morgan fingerprint density at radius 3 is 2.30 bits per heavy atom. The maximum Gasteiger partial charge on any atom is 0.349 e. The second kappa shape index (κ2) is 9.93. The Kier molecular flexibility index (Phi) is 7.33. The van der Waals surface area contributed by atoms with Gasteiger partial charge in [-0.05, 0) is 35.8 Å². The normalized spacial score (nSPS) is 10.8. The molecule has 2 aromatic rings. The van der Waals surface area contributed by atoms with Gasteiger partial charge in [-0.25, -0.2) is 4.79 Å². The number of nitrogens with zero attached hydrogens (tertiary/aromatic N) is 1. The Morgan fingerprint density at radius 2 is 1.74 bits per heavy atom. The van der Waals surface area contributed by atoms with E-state index in [0.717, 1.165) is 18.4 Å². The van der Waals surface area contributed by atoms with E-state index in [1.165, 1.54) is 6.08 Å². The third kappa shape index (κ3) is 5.82. The minimum Gasteiger partial charge on any atom is -0.497 e. The average molecular weight is 363 g/mol. The molecular formula is C22H21NO4. The number of methoxy groups -OCH3 is 1. The Labute approximate surface area is 158 Å². The number of carbonyl (C=O) groups is 2. The standard InChI is InChI=1S/C22H21NO4/c1-3-4-16-5-9-18(10-6-16)21(24)15-27-22(25)19(14-23)13-17-7-11-20(26-2)12-8-17/h5-13H,3-4,15H2,1-2H3/b19-13+. The third-order valence-electron chi connectivity index (χ3n) is 3.92. The van der Waals surface area contributed by atoms with Crippen LogP contribution < -0.4 is 4.74 Å². The van der Waals surface area contributed by atoms with E-state index in [1.54, 1.807) is 43.5 Å². The lowest BCUT2D eigenvalue weighted by molar-refractivity contribution is -0.137. The molecule has 0 radical (unpaired) electrons. The highest BCUT2D eigenvalue weighted by molar-refractivity contribution is 6.01. The highest BCUT2D eigenvalue weighted by atomic mass is 16.5. The van der Waals surface area contributed by atoms with E-state index in [-0.39, 0.29) is 11.4 Å². The number of esters is 1. The molecule has 0 amide bonds. The summed E-state index contributed by atoms with van der Waals surface area (Å²) in [5.41, 5.74) is 2.11. The van der Waals surface area contributed by atoms with Gasteiger partial charge in [-0.2, -0.15) is 5.26 Å². The molecule has 0 fully saturated rings. The zero-order valence-electron chi connectivity index (χ0n) is 15.4. The minimum absolute atomic E-state index is 0.175. The molecule has 5 nitrogen and oxygen atoms in total. The summed E-state index contributed by atoms with van der Waals surface area (Å²) < 4.78 is 10.1. The Hall–Kier alpha value is -3.39. The van der Waals surface area contributed by atoms with Gasteiger partial charge < -0.3 is 9.47 Å². The summed E-state index contributed by atoms with van der Waals surface area (Å²) in [5, 5.41) is 9.19. The summed E-state index contributed by atoms with van der Waals surface area (Å²) in [6, 6.07) is 15.9. The van der Waals surface area contributed by atoms with E-state index in [1.807, 2.05) is 18.2 Å². The third-order valence-corrected chi connectivity index (χ3v) is 3.92. The zero-order valence-corrected chi connectivity index (χ0v) is 15.4. The van der Waals surface area contributed by atoms with Crippen LogP contribution >= 0.6 is 0 Å². The Bertz CT molecular complexity index is 859. The lowest BCUT2D eigenvalue weighted by Crippen LogP contribution is -2.15. The van der Waals surface area contributed by atoms with Gasteiger partial charge >= 0.3 is 5.97 Å². The molecule has 0 aliphatic heterocycles. The number of benzene rings is 2. The summed E-state index contributed by atoms with van der Waals surface area (Å²) in [4.78, 5) is 24.3. The molecular weight excluding hydrogens is 342 g/mol. The fourth-order valence-electron chi connectivity index (χ4n) is 2.44. The van der Waals surface area contributed by atoms with E-state index in [2.05, 4.69) is 6.92 Å². The molecule has 27 heavy (non-hydrogen) atoms. The van der Waals surface area contributed by atoms with Crippen LogP contribution in [0.25, 0.3) is 6.08 Å². The molecule has 0 atom stereocenters. The first kappa shape index (κ1) is 19.9. The van der Waals surface area contributed by atoms with Crippen LogP contribution in [0.1, 0.15) is 34.8 Å². The number of ketones is 1. The maximum absolute atomic E-state index is 12.2. The van der Waals surface area contributed by atoms with Crippen molar-refractivity contribution < 1.29 is 19.1 Å². The molecule has 0 saturated carbocycles. The molecule has 0 N–H and O–H groups in total. The molecule has 2 aromatic carbocycles. The lowest BCUT2D eigenvalue weighted by atomic mass is 10.1. The molecule has 138 valence electrons. The molecule has 0 aliphatic rings. The predicted molar refractivity (Wildman–Crippen MR) is 102 cm³/mol. The van der Waals surface area contributed by atoms with Crippen molar-refractivity contribution in [3.8, 4) is 11.8 Å². The van der Waals surface area contributed by atoms with Crippen molar-refractivity contribution in [2.75, 3.05) is 13.7 Å². The summed E-state index contributed by atoms with van der Waals surface area (Å²) in [6.45, 7) is 1.68. The maximum atomic E-state index is 12.2. The van der Waals surface area contributed by atoms with Gasteiger partial charge in [0.15, 0.2) is 12.4 Å². The van der Waals surface area contributed by atoms with Crippen LogP contribution in [0.3, 0.4) is 0 Å². The molecule has 2 rings (SSSR count). The fourth-order valence-corrected chi connectivity index (χ4v) is 2.44. The van der Waals surface area contributed by atoms with Crippen molar-refractivity contribution >= 4 is 17.8 Å². The van der Waals surface area contributed by atoms with E-state index >= 15 is 0 Å². The van der Waals surface area contributed by atoms with Crippen LogP contribution in [0.5, 0.6) is 5.75 Å². The van der Waals surface area contributed by atoms with Gasteiger partial charge in [0.1, 0.15) is 17.4 Å². The Balaban J connectivity index is 1.98. The number of hydrogen-bond donors (Lipinski definition) is 0. The van der Waals surface area contributed by atoms with Crippen molar-refractivity contribution in [2.45, 2.75) is 19.8 Å². The number of nitriles is 1. The molecule has 0 heterocycles. The number of hydrogen-bond acceptors (Lipinski definition) is 5. The van der Waals surface area contributed by atoms with Crippen molar-refractivity contribution in [3.05, 3.63) is 70.8 Å². The van der Waals surface area contributed by atoms with Crippen molar-refractivity contribution in [2.24, 2.45) is 0 Å². The van der Waals surface area contributed by atoms with Crippen LogP contribution in [0.2, 0.25) is 0 Å². The monoisotopic (exact) mass is 363 g/mol. The smallest absolute Gasteiger partial charge is 0.349 e. The Morgan fingerprint density at radius 1 is 1.07 bits per heavy atom. The van der Waals surface area contributed by atoms with E-state index in [0.29, 0.717) is 16.9 Å². The van der Waals surface area contributed by atoms with Crippen LogP contribution in [-0.4, -0.2) is 25.5 Å². The SMILES string of the molecule is CCCc1ccc(C(=O)COC(=O)/C(C#N)=C/c2ccc(OC)cc2)cc1. The topological polar surface area (TPSA) is 76.4 Å². The summed E-state index contributed by atoms with van der Waals surface area (Å²) in [6.07, 6.45) is 3.39. The van der Waals surface area contributed by atoms with Gasteiger partial charge in [-0.15, -0.1) is 0 Å². The predicted octanol–water partition coefficient (Wildman–Crippen LogP) is 3.98. The number of Topliss-reactive ketones (excluding diaryl/α,β-unsaturated/α-hetero) is 1. The van der Waals surface area contributed by atoms with Crippen LogP contribution in [0, 0.1) is 11.3 Å². The molecule has 0 bridgehead atoms. The second-order valence-electron chi connectivity index (χ2n) is 5.89. The van der Waals surface area contributed by atoms with Crippen molar-refractivity contribution in [1.29, 1.82) is 5.26 Å². The highest BCUT2D eigenvalue weighted by Crippen LogP contribution is 2.14. The number of carbonyl (C=O) groups excluding carboxylic acids is 2. The molecule has 0 aromatic heterocycles. The molecule has 0 aliphatic carbocycles. The van der Waals surface area contributed by atoms with Gasteiger partial charge in [0, 0.05) is 5.56 Å². The van der Waals surface area contributed by atoms with Crippen molar-refractivity contribution in [1.82, 2.24) is 0 Å². The van der Waals surface area contributed by atoms with Crippen LogP contribution in [0.15, 0.2) is 54.1 Å². The van der Waals surface area contributed by atoms with Gasteiger partial charge in [-0.3, -0.25) is 4.79 Å². The first-order valence-electron chi connectivity index (χ1n) is 8.62. The average Bonchev–Trinajstić information content (AvgIpc) is 2.71. The quantitative estimate of drug-likeness (QED) is 0.307. The minimum atomic E-state index is -0.829. The number of aryl methyl sites for hydroxylation is 1. The molecule has 5 heteroatoms. The van der Waals surface area contributed by atoms with Gasteiger partial charge in [0.05, 0.1) is 7.11 Å². The number of ether oxygens (including phenoxy) is 2. The largest absolute Gasteiger partial charge is 0.497 e. The summed E-state index contributed by atoms with van der Waals surface area (Å²) in [7, 11) is 1.55. The molecule has 0 unspecified atom stereocenters. The van der Waals surface area contributed by atoms with Gasteiger partial charge in [0.2, 0.25) is 0 Å². The first-order chi connectivity index (χ1) is 13.1. The molecule has 0 saturated heterocycles. The van der Waals surface area contributed by atoms with Crippen molar-refractivity contribution in [3.63, 3.8) is 0 Å². The van der Waals surface area contributed by atoms with Crippen LogP contribution in [-0.2, 0) is 16.0 Å². The highest BCUT2D eigenvalue weighted by Gasteiger charge is 2.14. The summed E-state index contributed by atoms with van der Waals surface area (Å²) >= 11 is 0. The van der Waals surface area contributed by atoms with E-state index in [4.69, 9.17) is 9.47 Å². The van der Waals surface area contributed by atoms with Gasteiger partial charge in [0.25, 0.3) is 0 Å². The zero-order chi connectivity index (χ0) is 19.6. The summed E-state index contributed by atoms with van der Waals surface area (Å²) in [5.74, 6) is -0.471. The lowest BCUT2D eigenvalue weighted by Gasteiger charge is -2.05. The number of rotatable bonds is 8. The van der Waals surface area contributed by atoms with Gasteiger partial charge in [-0.1, -0.05) is 49.7 Å². The molecule has 0 spiro atoms.